The van der Waals surface area contributed by atoms with E-state index in [1.807, 2.05) is 30.3 Å². The summed E-state index contributed by atoms with van der Waals surface area (Å²) in [4.78, 5) is 69.1. The number of nitrogens with zero attached hydrogens (tertiary/aromatic N) is 4. The molecule has 12 nitrogen and oxygen atoms in total. The van der Waals surface area contributed by atoms with Crippen LogP contribution in [0, 0.1) is 0 Å². The normalized spacial score (nSPS) is 18.9. The molecule has 3 aliphatic rings. The van der Waals surface area contributed by atoms with E-state index in [2.05, 4.69) is 32.5 Å². The minimum absolute atomic E-state index is 0.126. The second-order valence-corrected chi connectivity index (χ2v) is 12.9. The van der Waals surface area contributed by atoms with E-state index in [-0.39, 0.29) is 28.3 Å². The van der Waals surface area contributed by atoms with E-state index in [9.17, 15) is 19.2 Å². The number of cyclic esters (lactones) is 1. The van der Waals surface area contributed by atoms with E-state index in [4.69, 9.17) is 14.7 Å². The Hall–Kier alpha value is -4.75. The topological polar surface area (TPSA) is 150 Å². The molecule has 3 amide bonds. The summed E-state index contributed by atoms with van der Waals surface area (Å²) in [6.07, 6.45) is 3.09. The van der Waals surface area contributed by atoms with Crippen LogP contribution in [0.1, 0.15) is 34.5 Å². The summed E-state index contributed by atoms with van der Waals surface area (Å²) in [6.45, 7) is 4.12. The van der Waals surface area contributed by atoms with Crippen molar-refractivity contribution in [2.75, 3.05) is 57.0 Å². The number of para-hydroxylation sites is 2. The van der Waals surface area contributed by atoms with Crippen LogP contribution in [0.5, 0.6) is 0 Å². The van der Waals surface area contributed by atoms with E-state index in [0.717, 1.165) is 38.4 Å². The zero-order valence-electron chi connectivity index (χ0n) is 25.3. The number of amides is 3. The second kappa shape index (κ2) is 12.6. The molecule has 236 valence electrons. The predicted octanol–water partition coefficient (Wildman–Crippen LogP) is 2.60. The lowest BCUT2D eigenvalue weighted by atomic mass is 9.96. The number of aromatic amines is 1. The number of benzene rings is 2. The quantitative estimate of drug-likeness (QED) is 0.142. The number of hydrogen-bond acceptors (Lipinski definition) is 10. The van der Waals surface area contributed by atoms with Crippen LogP contribution >= 0.6 is 11.8 Å². The number of imide groups is 1. The number of piperazine rings is 1. The van der Waals surface area contributed by atoms with Gasteiger partial charge in [0.2, 0.25) is 5.95 Å². The Balaban J connectivity index is 1.21. The van der Waals surface area contributed by atoms with E-state index in [0.29, 0.717) is 64.1 Å². The molecular formula is C33H33N7O5S. The molecule has 5 heterocycles. The number of hydrogen-bond donors (Lipinski definition) is 3. The summed E-state index contributed by atoms with van der Waals surface area (Å²) in [6, 6.07) is 12.8. The summed E-state index contributed by atoms with van der Waals surface area (Å²) < 4.78 is 5.01. The number of aromatic nitrogens is 3. The molecule has 1 atom stereocenters. The van der Waals surface area contributed by atoms with Crippen molar-refractivity contribution >= 4 is 74.4 Å². The van der Waals surface area contributed by atoms with Gasteiger partial charge in [0.25, 0.3) is 17.7 Å². The Kier molecular flexibility index (Phi) is 8.18. The van der Waals surface area contributed by atoms with Crippen LogP contribution in [-0.4, -0.2) is 101 Å². The first-order valence-electron chi connectivity index (χ1n) is 15.4. The van der Waals surface area contributed by atoms with Crippen LogP contribution in [-0.2, 0) is 19.1 Å². The number of carbonyl (C=O) groups is 4. The Morgan fingerprint density at radius 1 is 1.00 bits per heavy atom. The molecule has 2 aromatic carbocycles. The van der Waals surface area contributed by atoms with Gasteiger partial charge in [0.05, 0.1) is 40.0 Å². The van der Waals surface area contributed by atoms with Crippen molar-refractivity contribution in [3.63, 3.8) is 0 Å². The Bertz CT molecular complexity index is 1910. The molecule has 0 spiro atoms. The zero-order chi connectivity index (χ0) is 31.8. The van der Waals surface area contributed by atoms with Gasteiger partial charge in [0.1, 0.15) is 5.25 Å². The molecule has 3 aliphatic heterocycles. The van der Waals surface area contributed by atoms with Crippen LogP contribution < -0.4 is 15.5 Å². The number of H-pyrrole nitrogens is 1. The Morgan fingerprint density at radius 3 is 2.59 bits per heavy atom. The van der Waals surface area contributed by atoms with Gasteiger partial charge >= 0.3 is 5.97 Å². The monoisotopic (exact) mass is 639 g/mol. The molecule has 0 bridgehead atoms. The van der Waals surface area contributed by atoms with E-state index in [1.165, 1.54) is 0 Å². The Labute approximate surface area is 268 Å². The van der Waals surface area contributed by atoms with Gasteiger partial charge in [-0.15, -0.1) is 11.8 Å². The number of thioether (sulfide) groups is 1. The smallest absolute Gasteiger partial charge is 0.319 e. The Morgan fingerprint density at radius 2 is 1.78 bits per heavy atom. The average Bonchev–Trinajstić information content (AvgIpc) is 3.76. The summed E-state index contributed by atoms with van der Waals surface area (Å²) in [5.41, 5.74) is 2.94. The number of likely N-dealkylation sites (N-methyl/N-ethyl adjacent to an activating group) is 1. The van der Waals surface area contributed by atoms with E-state index >= 15 is 0 Å². The minimum atomic E-state index is -0.528. The standard InChI is InChI=1S/C33H33N7O5S/c1-39-12-14-40(15-13-39)33-36-23-9-3-2-6-20(23)28(37-33)26-25(30(42)38-31(26)43)22-18-35-27-19(22)7-4-8-21(27)29(41)34-11-5-17-46-24-10-16-45-32(24)44/h2-4,6-9,18,24,35H,5,10-17H2,1H3,(H,34,41)(H,38,42,43). The first-order chi connectivity index (χ1) is 22.4. The number of esters is 1. The molecule has 0 aliphatic carbocycles. The molecule has 0 saturated carbocycles. The van der Waals surface area contributed by atoms with Crippen molar-refractivity contribution in [3.05, 3.63) is 65.5 Å². The SMILES string of the molecule is CN1CCN(c2nc(C3=C(c4c[nH]c5c(C(=O)NCCCSC6CCOC6=O)cccc45)C(=O)NC3=O)c3ccccc3n2)CC1. The fourth-order valence-corrected chi connectivity index (χ4v) is 7.18. The molecule has 46 heavy (non-hydrogen) atoms. The number of nitrogens with one attached hydrogen (secondary N) is 3. The number of anilines is 1. The summed E-state index contributed by atoms with van der Waals surface area (Å²) >= 11 is 1.55. The van der Waals surface area contributed by atoms with Crippen molar-refractivity contribution in [2.24, 2.45) is 0 Å². The summed E-state index contributed by atoms with van der Waals surface area (Å²) in [7, 11) is 2.07. The average molecular weight is 640 g/mol. The first kappa shape index (κ1) is 29.9. The highest BCUT2D eigenvalue weighted by Crippen LogP contribution is 2.38. The largest absolute Gasteiger partial charge is 0.465 e. The molecule has 2 fully saturated rings. The number of rotatable bonds is 9. The lowest BCUT2D eigenvalue weighted by Gasteiger charge is -2.32. The van der Waals surface area contributed by atoms with Crippen LogP contribution in [0.4, 0.5) is 5.95 Å². The van der Waals surface area contributed by atoms with Gasteiger partial charge in [-0.3, -0.25) is 24.5 Å². The van der Waals surface area contributed by atoms with Gasteiger partial charge in [0, 0.05) is 61.7 Å². The molecule has 4 aromatic rings. The van der Waals surface area contributed by atoms with Crippen LogP contribution in [0.3, 0.4) is 0 Å². The third kappa shape index (κ3) is 5.60. The van der Waals surface area contributed by atoms with Crippen molar-refractivity contribution in [3.8, 4) is 0 Å². The first-order valence-corrected chi connectivity index (χ1v) is 16.4. The van der Waals surface area contributed by atoms with Gasteiger partial charge in [0.15, 0.2) is 0 Å². The zero-order valence-corrected chi connectivity index (χ0v) is 26.1. The van der Waals surface area contributed by atoms with Crippen molar-refractivity contribution < 1.29 is 23.9 Å². The molecule has 0 radical (unpaired) electrons. The number of carbonyl (C=O) groups excluding carboxylic acids is 4. The highest BCUT2D eigenvalue weighted by Gasteiger charge is 2.36. The third-order valence-corrected chi connectivity index (χ3v) is 9.94. The fourth-order valence-electron chi connectivity index (χ4n) is 6.11. The van der Waals surface area contributed by atoms with Crippen LogP contribution in [0.25, 0.3) is 33.0 Å². The molecule has 2 saturated heterocycles. The fraction of sp³-hybridized carbons (Fsp3) is 0.333. The number of ether oxygens (including phenoxy) is 1. The van der Waals surface area contributed by atoms with Gasteiger partial charge < -0.3 is 24.8 Å². The van der Waals surface area contributed by atoms with Crippen molar-refractivity contribution in [1.82, 2.24) is 30.5 Å². The predicted molar refractivity (Wildman–Crippen MR) is 176 cm³/mol. The molecule has 3 N–H and O–H groups in total. The summed E-state index contributed by atoms with van der Waals surface area (Å²) in [5.74, 6) is -0.235. The lowest BCUT2D eigenvalue weighted by molar-refractivity contribution is -0.137. The molecular weight excluding hydrogens is 606 g/mol. The van der Waals surface area contributed by atoms with Crippen molar-refractivity contribution in [1.29, 1.82) is 0 Å². The maximum absolute atomic E-state index is 13.5. The molecule has 1 unspecified atom stereocenters. The van der Waals surface area contributed by atoms with Crippen LogP contribution in [0.2, 0.25) is 0 Å². The molecule has 2 aromatic heterocycles. The van der Waals surface area contributed by atoms with Gasteiger partial charge in [-0.2, -0.15) is 0 Å². The van der Waals surface area contributed by atoms with Crippen molar-refractivity contribution in [2.45, 2.75) is 18.1 Å². The molecule has 7 rings (SSSR count). The maximum atomic E-state index is 13.5. The highest BCUT2D eigenvalue weighted by atomic mass is 32.2. The van der Waals surface area contributed by atoms with Gasteiger partial charge in [-0.05, 0) is 31.4 Å². The van der Waals surface area contributed by atoms with E-state index < -0.39 is 11.8 Å². The van der Waals surface area contributed by atoms with Gasteiger partial charge in [-0.1, -0.05) is 30.3 Å². The molecule has 13 heteroatoms. The number of fused-ring (bicyclic) bond motifs is 2. The van der Waals surface area contributed by atoms with Crippen LogP contribution in [0.15, 0.2) is 48.7 Å². The van der Waals surface area contributed by atoms with Gasteiger partial charge in [-0.25, -0.2) is 9.97 Å². The second-order valence-electron chi connectivity index (χ2n) is 11.6. The summed E-state index contributed by atoms with van der Waals surface area (Å²) in [5, 5.41) is 6.62. The minimum Gasteiger partial charge on any atom is -0.465 e. The highest BCUT2D eigenvalue weighted by molar-refractivity contribution is 8.00. The lowest BCUT2D eigenvalue weighted by Crippen LogP contribution is -2.45. The third-order valence-electron chi connectivity index (χ3n) is 8.59. The van der Waals surface area contributed by atoms with E-state index in [1.54, 1.807) is 30.1 Å². The maximum Gasteiger partial charge on any atom is 0.319 e.